The highest BCUT2D eigenvalue weighted by molar-refractivity contribution is 9.10. The predicted octanol–water partition coefficient (Wildman–Crippen LogP) is 8.58. The third-order valence-corrected chi connectivity index (χ3v) is 10.7. The van der Waals surface area contributed by atoms with Crippen LogP contribution in [-0.4, -0.2) is 38.0 Å². The van der Waals surface area contributed by atoms with E-state index in [-0.39, 0.29) is 17.4 Å². The van der Waals surface area contributed by atoms with Gasteiger partial charge in [-0.1, -0.05) is 91.0 Å². The molecule has 0 spiro atoms. The number of ether oxygens (including phenoxy) is 2. The number of imide groups is 2. The number of nitrogens with zero attached hydrogens (tertiary/aromatic N) is 2. The molecule has 0 aliphatic carbocycles. The molecule has 2 atom stereocenters. The van der Waals surface area contributed by atoms with Crippen LogP contribution in [0.4, 0.5) is 16.2 Å². The molecule has 3 heterocycles. The molecule has 4 amide bonds. The van der Waals surface area contributed by atoms with Gasteiger partial charge in [0.15, 0.2) is 11.5 Å². The average molecular weight is 755 g/mol. The van der Waals surface area contributed by atoms with Crippen LogP contribution in [0, 0.1) is 0 Å². The first-order valence-corrected chi connectivity index (χ1v) is 18.2. The summed E-state index contributed by atoms with van der Waals surface area (Å²) in [7, 11) is 1.53. The lowest BCUT2D eigenvalue weighted by molar-refractivity contribution is -0.122. The van der Waals surface area contributed by atoms with E-state index in [1.165, 1.54) is 30.0 Å². The van der Waals surface area contributed by atoms with Crippen molar-refractivity contribution in [3.05, 3.63) is 159 Å². The van der Waals surface area contributed by atoms with Crippen molar-refractivity contribution in [1.82, 2.24) is 5.32 Å². The lowest BCUT2D eigenvalue weighted by atomic mass is 9.76. The fraction of sp³-hybridized carbons (Fsp3) is 0.186. The van der Waals surface area contributed by atoms with E-state index >= 15 is 0 Å². The van der Waals surface area contributed by atoms with Crippen molar-refractivity contribution < 1.29 is 23.9 Å². The molecule has 0 bridgehead atoms. The van der Waals surface area contributed by atoms with Gasteiger partial charge < -0.3 is 14.4 Å². The van der Waals surface area contributed by atoms with Gasteiger partial charge in [-0.3, -0.25) is 14.9 Å². The molecule has 5 aromatic carbocycles. The normalized spacial score (nSPS) is 19.0. The second-order valence-corrected chi connectivity index (χ2v) is 14.1. The zero-order valence-corrected chi connectivity index (χ0v) is 30.1. The Morgan fingerprint density at radius 2 is 1.37 bits per heavy atom. The van der Waals surface area contributed by atoms with Crippen LogP contribution >= 0.6 is 15.9 Å². The van der Waals surface area contributed by atoms with Gasteiger partial charge in [0, 0.05) is 30.6 Å². The number of anilines is 2. The molecule has 1 saturated heterocycles. The van der Waals surface area contributed by atoms with Crippen molar-refractivity contribution in [3.63, 3.8) is 0 Å². The molecule has 0 aromatic heterocycles. The summed E-state index contributed by atoms with van der Waals surface area (Å²) in [6.07, 6.45) is 3.29. The van der Waals surface area contributed by atoms with Crippen molar-refractivity contribution in [2.24, 2.45) is 0 Å². The van der Waals surface area contributed by atoms with Gasteiger partial charge in [0.1, 0.15) is 12.2 Å². The van der Waals surface area contributed by atoms with Crippen LogP contribution in [-0.2, 0) is 16.2 Å². The Hall–Kier alpha value is -5.67. The highest BCUT2D eigenvalue weighted by atomic mass is 79.9. The Labute approximate surface area is 310 Å². The largest absolute Gasteiger partial charge is 0.493 e. The summed E-state index contributed by atoms with van der Waals surface area (Å²) >= 11 is 3.59. The number of hydrogen-bond donors (Lipinski definition) is 1. The van der Waals surface area contributed by atoms with Gasteiger partial charge >= 0.3 is 6.03 Å². The Kier molecular flexibility index (Phi) is 9.11. The summed E-state index contributed by atoms with van der Waals surface area (Å²) in [5.41, 5.74) is 7.48. The van der Waals surface area contributed by atoms with Crippen LogP contribution in [0.15, 0.2) is 125 Å². The molecule has 1 fully saturated rings. The summed E-state index contributed by atoms with van der Waals surface area (Å²) in [6.45, 7) is 2.16. The third kappa shape index (κ3) is 6.26. The number of halogens is 1. The zero-order chi connectivity index (χ0) is 35.8. The van der Waals surface area contributed by atoms with E-state index in [1.807, 2.05) is 78.9 Å². The van der Waals surface area contributed by atoms with E-state index in [1.54, 1.807) is 12.1 Å². The number of amides is 4. The minimum atomic E-state index is -0.779. The van der Waals surface area contributed by atoms with Crippen LogP contribution in [0.2, 0.25) is 0 Å². The first-order valence-electron chi connectivity index (χ1n) is 17.4. The second-order valence-electron chi connectivity index (χ2n) is 13.2. The maximum Gasteiger partial charge on any atom is 0.335 e. The average Bonchev–Trinajstić information content (AvgIpc) is 3.17. The standard InChI is InChI=1S/C43H36BrN3O5/c1-51-38-23-28(22-37(44)40(38)52-26-27-11-5-2-6-12-27)21-36-41(48)45-43(50)47(42(36)49)31-24-34-32(29-13-7-3-8-14-29)17-19-46-20-18-33(35(25-31)39(34)46)30-15-9-4-10-16-30/h2-16,21-25,32-33H,17-20,26H2,1H3,(H,45,48,50)/b36-21+/t32-,33+. The number of benzene rings is 5. The fourth-order valence-electron chi connectivity index (χ4n) is 7.72. The second kappa shape index (κ2) is 14.2. The van der Waals surface area contributed by atoms with Crippen molar-refractivity contribution in [1.29, 1.82) is 0 Å². The monoisotopic (exact) mass is 753 g/mol. The summed E-state index contributed by atoms with van der Waals surface area (Å²) in [6, 6.07) is 37.1. The first kappa shape index (κ1) is 33.5. The topological polar surface area (TPSA) is 88.2 Å². The predicted molar refractivity (Wildman–Crippen MR) is 205 cm³/mol. The molecule has 8 nitrogen and oxygen atoms in total. The summed E-state index contributed by atoms with van der Waals surface area (Å²) in [5, 5.41) is 2.43. The van der Waals surface area contributed by atoms with E-state index in [4.69, 9.17) is 9.47 Å². The SMILES string of the molecule is COc1cc(/C=C2\C(=O)NC(=O)N(c3cc4c5c(c3)[C@H](c3ccccc3)CCN5CC[C@@H]4c3ccccc3)C2=O)cc(Br)c1OCc1ccccc1. The number of barbiturate groups is 1. The summed E-state index contributed by atoms with van der Waals surface area (Å²) in [5.74, 6) is -0.397. The Morgan fingerprint density at radius 3 is 1.94 bits per heavy atom. The molecule has 0 radical (unpaired) electrons. The molecular weight excluding hydrogens is 718 g/mol. The smallest absolute Gasteiger partial charge is 0.335 e. The number of methoxy groups -OCH3 is 1. The van der Waals surface area contributed by atoms with Crippen molar-refractivity contribution in [3.8, 4) is 11.5 Å². The molecule has 0 saturated carbocycles. The number of hydrogen-bond acceptors (Lipinski definition) is 6. The number of carbonyl (C=O) groups is 3. The molecule has 0 unspecified atom stereocenters. The van der Waals surface area contributed by atoms with Gasteiger partial charge in [0.25, 0.3) is 11.8 Å². The van der Waals surface area contributed by atoms with Gasteiger partial charge in [-0.2, -0.15) is 0 Å². The minimum absolute atomic E-state index is 0.0766. The van der Waals surface area contributed by atoms with Gasteiger partial charge in [0.05, 0.1) is 17.3 Å². The van der Waals surface area contributed by atoms with Crippen molar-refractivity contribution in [2.75, 3.05) is 30.0 Å². The van der Waals surface area contributed by atoms with E-state index in [9.17, 15) is 14.4 Å². The Bertz CT molecular complexity index is 2130. The van der Waals surface area contributed by atoms with E-state index in [2.05, 4.69) is 50.4 Å². The summed E-state index contributed by atoms with van der Waals surface area (Å²) < 4.78 is 12.3. The van der Waals surface area contributed by atoms with Crippen LogP contribution < -0.4 is 24.6 Å². The highest BCUT2D eigenvalue weighted by Crippen LogP contribution is 2.50. The van der Waals surface area contributed by atoms with Gasteiger partial charge in [0.2, 0.25) is 0 Å². The van der Waals surface area contributed by atoms with Gasteiger partial charge in [-0.05, 0) is 92.5 Å². The van der Waals surface area contributed by atoms with Crippen LogP contribution in [0.1, 0.15) is 58.1 Å². The van der Waals surface area contributed by atoms with Crippen LogP contribution in [0.25, 0.3) is 6.08 Å². The zero-order valence-electron chi connectivity index (χ0n) is 28.6. The minimum Gasteiger partial charge on any atom is -0.493 e. The number of rotatable bonds is 8. The molecule has 260 valence electrons. The molecule has 1 N–H and O–H groups in total. The molecule has 3 aliphatic rings. The lowest BCUT2D eigenvalue weighted by Gasteiger charge is -2.44. The third-order valence-electron chi connectivity index (χ3n) is 10.1. The lowest BCUT2D eigenvalue weighted by Crippen LogP contribution is -2.54. The van der Waals surface area contributed by atoms with Crippen LogP contribution in [0.5, 0.6) is 11.5 Å². The first-order chi connectivity index (χ1) is 25.4. The number of urea groups is 1. The molecule has 8 rings (SSSR count). The molecule has 3 aliphatic heterocycles. The Balaban J connectivity index is 1.19. The molecular formula is C43H36BrN3O5. The van der Waals surface area contributed by atoms with E-state index in [0.717, 1.165) is 47.5 Å². The maximum absolute atomic E-state index is 14.4. The maximum atomic E-state index is 14.4. The number of nitrogens with one attached hydrogen (secondary N) is 1. The number of carbonyl (C=O) groups excluding carboxylic acids is 3. The molecule has 9 heteroatoms. The van der Waals surface area contributed by atoms with Crippen molar-refractivity contribution in [2.45, 2.75) is 31.3 Å². The quantitative estimate of drug-likeness (QED) is 0.126. The molecule has 52 heavy (non-hydrogen) atoms. The van der Waals surface area contributed by atoms with Gasteiger partial charge in [-0.15, -0.1) is 0 Å². The van der Waals surface area contributed by atoms with Crippen LogP contribution in [0.3, 0.4) is 0 Å². The van der Waals surface area contributed by atoms with E-state index < -0.39 is 17.8 Å². The molecule has 5 aromatic rings. The van der Waals surface area contributed by atoms with Gasteiger partial charge in [-0.25, -0.2) is 9.69 Å². The van der Waals surface area contributed by atoms with E-state index in [0.29, 0.717) is 33.8 Å². The summed E-state index contributed by atoms with van der Waals surface area (Å²) in [4.78, 5) is 44.9. The highest BCUT2D eigenvalue weighted by Gasteiger charge is 2.40. The Morgan fingerprint density at radius 1 is 0.788 bits per heavy atom. The van der Waals surface area contributed by atoms with Crippen molar-refractivity contribution >= 4 is 51.2 Å². The fourth-order valence-corrected chi connectivity index (χ4v) is 8.29.